The lowest BCUT2D eigenvalue weighted by atomic mass is 10.1. The second-order valence-corrected chi connectivity index (χ2v) is 3.21. The van der Waals surface area contributed by atoms with Gasteiger partial charge in [-0.2, -0.15) is 0 Å². The van der Waals surface area contributed by atoms with E-state index in [4.69, 9.17) is 5.11 Å². The van der Waals surface area contributed by atoms with Crippen LogP contribution in [0.1, 0.15) is 24.2 Å². The highest BCUT2D eigenvalue weighted by Crippen LogP contribution is 1.99. The highest BCUT2D eigenvalue weighted by Gasteiger charge is 1.95. The van der Waals surface area contributed by atoms with Crippen molar-refractivity contribution < 1.29 is 14.7 Å². The number of benzene rings is 1. The Morgan fingerprint density at radius 1 is 1.24 bits per heavy atom. The van der Waals surface area contributed by atoms with Gasteiger partial charge in [-0.15, -0.1) is 0 Å². The van der Waals surface area contributed by atoms with Crippen LogP contribution in [-0.4, -0.2) is 16.9 Å². The fraction of sp³-hybridized carbons (Fsp3) is 0.143. The van der Waals surface area contributed by atoms with Crippen molar-refractivity contribution in [1.29, 1.82) is 0 Å². The topological polar surface area (TPSA) is 54.4 Å². The molecule has 0 aromatic heterocycles. The molecule has 3 nitrogen and oxygen atoms in total. The summed E-state index contributed by atoms with van der Waals surface area (Å²) in [5.74, 6) is -0.872. The van der Waals surface area contributed by atoms with Crippen LogP contribution in [0.5, 0.6) is 0 Å². The SMILES string of the molecule is C/C=C(\C)C(=O)O.C=CC(=O)c1ccccc1. The molecule has 0 aliphatic rings. The number of aliphatic carboxylic acids is 1. The molecule has 0 fully saturated rings. The van der Waals surface area contributed by atoms with Crippen LogP contribution in [0, 0.1) is 0 Å². The van der Waals surface area contributed by atoms with Gasteiger partial charge in [-0.25, -0.2) is 4.79 Å². The second-order valence-electron chi connectivity index (χ2n) is 3.21. The maximum atomic E-state index is 10.9. The third-order valence-electron chi connectivity index (χ3n) is 2.01. The molecule has 1 N–H and O–H groups in total. The quantitative estimate of drug-likeness (QED) is 0.643. The monoisotopic (exact) mass is 232 g/mol. The zero-order valence-corrected chi connectivity index (χ0v) is 10.0. The summed E-state index contributed by atoms with van der Waals surface area (Å²) in [7, 11) is 0. The van der Waals surface area contributed by atoms with Crippen molar-refractivity contribution in [2.24, 2.45) is 0 Å². The van der Waals surface area contributed by atoms with E-state index in [0.29, 0.717) is 11.1 Å². The molecule has 3 heteroatoms. The van der Waals surface area contributed by atoms with Crippen LogP contribution < -0.4 is 0 Å². The molecule has 1 aromatic rings. The normalized spacial score (nSPS) is 9.88. The van der Waals surface area contributed by atoms with Crippen LogP contribution >= 0.6 is 0 Å². The van der Waals surface area contributed by atoms with Gasteiger partial charge in [0, 0.05) is 11.1 Å². The van der Waals surface area contributed by atoms with Crippen molar-refractivity contribution in [3.8, 4) is 0 Å². The summed E-state index contributed by atoms with van der Waals surface area (Å²) in [6, 6.07) is 9.07. The molecular weight excluding hydrogens is 216 g/mol. The molecule has 0 spiro atoms. The third kappa shape index (κ3) is 6.10. The molecule has 0 bridgehead atoms. The lowest BCUT2D eigenvalue weighted by molar-refractivity contribution is -0.132. The highest BCUT2D eigenvalue weighted by atomic mass is 16.4. The Morgan fingerprint density at radius 3 is 2.06 bits per heavy atom. The van der Waals surface area contributed by atoms with Crippen LogP contribution in [0.15, 0.2) is 54.6 Å². The Bertz CT molecular complexity index is 416. The van der Waals surface area contributed by atoms with Crippen molar-refractivity contribution in [2.75, 3.05) is 0 Å². The minimum Gasteiger partial charge on any atom is -0.478 e. The summed E-state index contributed by atoms with van der Waals surface area (Å²) in [5.41, 5.74) is 1.08. The Morgan fingerprint density at radius 2 is 1.76 bits per heavy atom. The Labute approximate surface area is 101 Å². The standard InChI is InChI=1S/C9H8O.C5H8O2/c1-2-9(10)8-6-4-3-5-7-8;1-3-4(2)5(6)7/h2-7H,1H2;3H,1-2H3,(H,6,7)/b;4-3+. The number of carboxylic acid groups (broad SMARTS) is 1. The lowest BCUT2D eigenvalue weighted by Gasteiger charge is -1.90. The molecule has 0 atom stereocenters. The smallest absolute Gasteiger partial charge is 0.330 e. The number of carbonyl (C=O) groups excluding carboxylic acids is 1. The maximum Gasteiger partial charge on any atom is 0.330 e. The molecule has 0 amide bonds. The average molecular weight is 232 g/mol. The first-order valence-electron chi connectivity index (χ1n) is 5.11. The first-order valence-corrected chi connectivity index (χ1v) is 5.11. The second kappa shape index (κ2) is 8.05. The molecule has 1 rings (SSSR count). The number of carboxylic acids is 1. The Hall–Kier alpha value is -2.16. The molecule has 0 saturated heterocycles. The number of ketones is 1. The Balaban J connectivity index is 0.000000325. The number of carbonyl (C=O) groups is 2. The molecule has 0 radical (unpaired) electrons. The molecule has 0 aliphatic carbocycles. The molecule has 90 valence electrons. The highest BCUT2D eigenvalue weighted by molar-refractivity contribution is 6.04. The van der Waals surface area contributed by atoms with Crippen molar-refractivity contribution in [1.82, 2.24) is 0 Å². The number of hydrogen-bond acceptors (Lipinski definition) is 2. The van der Waals surface area contributed by atoms with E-state index in [1.54, 1.807) is 32.1 Å². The number of rotatable bonds is 3. The third-order valence-corrected chi connectivity index (χ3v) is 2.01. The van der Waals surface area contributed by atoms with Gasteiger partial charge in [0.05, 0.1) is 0 Å². The van der Waals surface area contributed by atoms with Gasteiger partial charge in [-0.3, -0.25) is 4.79 Å². The van der Waals surface area contributed by atoms with E-state index < -0.39 is 5.97 Å². The van der Waals surface area contributed by atoms with Crippen molar-refractivity contribution in [3.63, 3.8) is 0 Å². The van der Waals surface area contributed by atoms with Crippen LogP contribution in [0.25, 0.3) is 0 Å². The summed E-state index contributed by atoms with van der Waals surface area (Å²) in [6.07, 6.45) is 2.87. The zero-order chi connectivity index (χ0) is 13.3. The van der Waals surface area contributed by atoms with Crippen molar-refractivity contribution in [2.45, 2.75) is 13.8 Å². The van der Waals surface area contributed by atoms with Gasteiger partial charge in [0.15, 0.2) is 5.78 Å². The first kappa shape index (κ1) is 14.8. The van der Waals surface area contributed by atoms with Crippen LogP contribution in [0.3, 0.4) is 0 Å². The molecule has 17 heavy (non-hydrogen) atoms. The van der Waals surface area contributed by atoms with Crippen molar-refractivity contribution >= 4 is 11.8 Å². The summed E-state index contributed by atoms with van der Waals surface area (Å²) < 4.78 is 0. The largest absolute Gasteiger partial charge is 0.478 e. The molecular formula is C14H16O3. The predicted molar refractivity (Wildman–Crippen MR) is 68.0 cm³/mol. The van der Waals surface area contributed by atoms with Gasteiger partial charge < -0.3 is 5.11 Å². The lowest BCUT2D eigenvalue weighted by Crippen LogP contribution is -1.93. The van der Waals surface area contributed by atoms with Gasteiger partial charge in [-0.05, 0) is 19.9 Å². The van der Waals surface area contributed by atoms with E-state index in [-0.39, 0.29) is 5.78 Å². The van der Waals surface area contributed by atoms with Gasteiger partial charge >= 0.3 is 5.97 Å². The van der Waals surface area contributed by atoms with Crippen LogP contribution in [-0.2, 0) is 4.79 Å². The molecule has 0 saturated carbocycles. The van der Waals surface area contributed by atoms with E-state index in [2.05, 4.69) is 6.58 Å². The van der Waals surface area contributed by atoms with E-state index >= 15 is 0 Å². The summed E-state index contributed by atoms with van der Waals surface area (Å²) in [6.45, 7) is 6.64. The zero-order valence-electron chi connectivity index (χ0n) is 10.0. The maximum absolute atomic E-state index is 10.9. The molecule has 0 unspecified atom stereocenters. The van der Waals surface area contributed by atoms with E-state index in [0.717, 1.165) is 0 Å². The van der Waals surface area contributed by atoms with E-state index in [1.165, 1.54) is 6.08 Å². The molecule has 0 aliphatic heterocycles. The fourth-order valence-electron chi connectivity index (χ4n) is 0.844. The van der Waals surface area contributed by atoms with E-state index in [1.807, 2.05) is 18.2 Å². The van der Waals surface area contributed by atoms with E-state index in [9.17, 15) is 9.59 Å². The molecule has 0 heterocycles. The Kier molecular flexibility index (Phi) is 7.02. The van der Waals surface area contributed by atoms with Gasteiger partial charge in [0.1, 0.15) is 0 Å². The minimum absolute atomic E-state index is 0.0272. The molecule has 1 aromatic carbocycles. The summed E-state index contributed by atoms with van der Waals surface area (Å²) in [5, 5.41) is 8.11. The summed E-state index contributed by atoms with van der Waals surface area (Å²) in [4.78, 5) is 20.8. The average Bonchev–Trinajstić information content (AvgIpc) is 2.38. The van der Waals surface area contributed by atoms with Crippen molar-refractivity contribution in [3.05, 3.63) is 60.2 Å². The van der Waals surface area contributed by atoms with Crippen LogP contribution in [0.4, 0.5) is 0 Å². The van der Waals surface area contributed by atoms with Gasteiger partial charge in [-0.1, -0.05) is 43.0 Å². The minimum atomic E-state index is -0.845. The van der Waals surface area contributed by atoms with Gasteiger partial charge in [0.25, 0.3) is 0 Å². The first-order chi connectivity index (χ1) is 8.02. The fourth-order valence-corrected chi connectivity index (χ4v) is 0.844. The number of hydrogen-bond donors (Lipinski definition) is 1. The number of allylic oxidation sites excluding steroid dienone is 2. The van der Waals surface area contributed by atoms with Gasteiger partial charge in [0.2, 0.25) is 0 Å². The van der Waals surface area contributed by atoms with Crippen LogP contribution in [0.2, 0.25) is 0 Å². The predicted octanol–water partition coefficient (Wildman–Crippen LogP) is 3.09. The summed E-state index contributed by atoms with van der Waals surface area (Å²) >= 11 is 0.